The van der Waals surface area contributed by atoms with Crippen molar-refractivity contribution in [2.75, 3.05) is 6.61 Å². The highest BCUT2D eigenvalue weighted by atomic mass is 16.5. The van der Waals surface area contributed by atoms with Crippen molar-refractivity contribution in [2.45, 2.75) is 58.1 Å². The van der Waals surface area contributed by atoms with Crippen LogP contribution in [-0.4, -0.2) is 35.7 Å². The van der Waals surface area contributed by atoms with Crippen molar-refractivity contribution in [2.24, 2.45) is 11.3 Å². The molecule has 1 heterocycles. The summed E-state index contributed by atoms with van der Waals surface area (Å²) in [7, 11) is 0. The van der Waals surface area contributed by atoms with E-state index in [-0.39, 0.29) is 24.0 Å². The van der Waals surface area contributed by atoms with Crippen LogP contribution < -0.4 is 5.32 Å². The Morgan fingerprint density at radius 1 is 1.32 bits per heavy atom. The lowest BCUT2D eigenvalue weighted by atomic mass is 9.71. The summed E-state index contributed by atoms with van der Waals surface area (Å²) in [5.74, 6) is -1.00. The van der Waals surface area contributed by atoms with Crippen molar-refractivity contribution in [3.05, 3.63) is 0 Å². The molecular weight excluding hydrogens is 246 g/mol. The van der Waals surface area contributed by atoms with Crippen LogP contribution in [0.5, 0.6) is 0 Å². The fourth-order valence-electron chi connectivity index (χ4n) is 3.18. The predicted octanol–water partition coefficient (Wildman–Crippen LogP) is 1.56. The maximum atomic E-state index is 12.3. The third kappa shape index (κ3) is 2.76. The topological polar surface area (TPSA) is 75.6 Å². The Balaban J connectivity index is 2.03. The van der Waals surface area contributed by atoms with Gasteiger partial charge in [0.15, 0.2) is 0 Å². The minimum atomic E-state index is -0.837. The average Bonchev–Trinajstić information content (AvgIpc) is 2.78. The van der Waals surface area contributed by atoms with Gasteiger partial charge >= 0.3 is 5.97 Å². The Morgan fingerprint density at radius 3 is 2.63 bits per heavy atom. The Labute approximate surface area is 113 Å². The number of ether oxygens (including phenoxy) is 1. The number of hydrogen-bond donors (Lipinski definition) is 2. The molecule has 2 N–H and O–H groups in total. The molecule has 0 bridgehead atoms. The van der Waals surface area contributed by atoms with Crippen molar-refractivity contribution in [1.82, 2.24) is 5.32 Å². The molecule has 2 rings (SSSR count). The van der Waals surface area contributed by atoms with Crippen molar-refractivity contribution in [3.8, 4) is 0 Å². The molecule has 1 saturated heterocycles. The number of rotatable bonds is 3. The van der Waals surface area contributed by atoms with Gasteiger partial charge in [0.25, 0.3) is 0 Å². The number of carboxylic acid groups (broad SMARTS) is 1. The summed E-state index contributed by atoms with van der Waals surface area (Å²) >= 11 is 0. The van der Waals surface area contributed by atoms with Gasteiger partial charge in [-0.25, -0.2) is 0 Å². The predicted molar refractivity (Wildman–Crippen MR) is 69.7 cm³/mol. The van der Waals surface area contributed by atoms with E-state index in [2.05, 4.69) is 5.32 Å². The number of amides is 1. The molecule has 0 aromatic rings. The van der Waals surface area contributed by atoms with E-state index >= 15 is 0 Å². The summed E-state index contributed by atoms with van der Waals surface area (Å²) in [6.45, 7) is 4.25. The molecule has 0 aromatic carbocycles. The van der Waals surface area contributed by atoms with Crippen molar-refractivity contribution in [3.63, 3.8) is 0 Å². The number of carbonyl (C=O) groups excluding carboxylic acids is 1. The standard InChI is InChI=1S/C14H23NO4/c1-9-10(6-8-19-9)12(16)15-11-5-3-4-7-14(11,2)13(17)18/h9-11H,3-8H2,1-2H3,(H,15,16)(H,17,18). The summed E-state index contributed by atoms with van der Waals surface area (Å²) < 4.78 is 5.40. The first kappa shape index (κ1) is 14.3. The summed E-state index contributed by atoms with van der Waals surface area (Å²) in [5, 5.41) is 12.4. The number of hydrogen-bond acceptors (Lipinski definition) is 3. The molecule has 4 unspecified atom stereocenters. The molecule has 19 heavy (non-hydrogen) atoms. The molecule has 2 fully saturated rings. The second-order valence-electron chi connectivity index (χ2n) is 6.00. The lowest BCUT2D eigenvalue weighted by Gasteiger charge is -2.38. The lowest BCUT2D eigenvalue weighted by Crippen LogP contribution is -2.53. The van der Waals surface area contributed by atoms with Crippen LogP contribution in [0.4, 0.5) is 0 Å². The van der Waals surface area contributed by atoms with E-state index < -0.39 is 11.4 Å². The molecule has 5 nitrogen and oxygen atoms in total. The molecule has 2 aliphatic rings. The van der Waals surface area contributed by atoms with Gasteiger partial charge in [-0.05, 0) is 33.1 Å². The number of carbonyl (C=O) groups is 2. The number of nitrogens with one attached hydrogen (secondary N) is 1. The molecule has 1 amide bonds. The van der Waals surface area contributed by atoms with Gasteiger partial charge in [0.05, 0.1) is 17.4 Å². The quantitative estimate of drug-likeness (QED) is 0.815. The van der Waals surface area contributed by atoms with E-state index in [1.54, 1.807) is 6.92 Å². The Hall–Kier alpha value is -1.10. The second-order valence-corrected chi connectivity index (χ2v) is 6.00. The highest BCUT2D eigenvalue weighted by Gasteiger charge is 2.45. The van der Waals surface area contributed by atoms with Crippen molar-refractivity contribution >= 4 is 11.9 Å². The molecule has 5 heteroatoms. The monoisotopic (exact) mass is 269 g/mol. The Bertz CT molecular complexity index is 370. The van der Waals surface area contributed by atoms with E-state index in [9.17, 15) is 14.7 Å². The summed E-state index contributed by atoms with van der Waals surface area (Å²) in [5.41, 5.74) is -0.837. The van der Waals surface area contributed by atoms with Gasteiger partial charge in [-0.15, -0.1) is 0 Å². The SMILES string of the molecule is CC1OCCC1C(=O)NC1CCCCC1(C)C(=O)O. The summed E-state index contributed by atoms with van der Waals surface area (Å²) in [6.07, 6.45) is 3.92. The summed E-state index contributed by atoms with van der Waals surface area (Å²) in [6, 6.07) is -0.265. The van der Waals surface area contributed by atoms with Crippen LogP contribution >= 0.6 is 0 Å². The van der Waals surface area contributed by atoms with Crippen LogP contribution in [0.25, 0.3) is 0 Å². The van der Waals surface area contributed by atoms with Crippen LogP contribution in [0, 0.1) is 11.3 Å². The van der Waals surface area contributed by atoms with Gasteiger partial charge < -0.3 is 15.2 Å². The highest BCUT2D eigenvalue weighted by molar-refractivity contribution is 5.82. The second kappa shape index (κ2) is 5.49. The van der Waals surface area contributed by atoms with Gasteiger partial charge in [0.2, 0.25) is 5.91 Å². The lowest BCUT2D eigenvalue weighted by molar-refractivity contribution is -0.152. The van der Waals surface area contributed by atoms with Crippen LogP contribution in [0.3, 0.4) is 0 Å². The summed E-state index contributed by atoms with van der Waals surface area (Å²) in [4.78, 5) is 23.7. The maximum absolute atomic E-state index is 12.3. The number of aliphatic carboxylic acids is 1. The Morgan fingerprint density at radius 2 is 2.05 bits per heavy atom. The first-order chi connectivity index (χ1) is 8.95. The molecule has 0 radical (unpaired) electrons. The van der Waals surface area contributed by atoms with Crippen LogP contribution in [0.15, 0.2) is 0 Å². The molecule has 108 valence electrons. The molecule has 0 aromatic heterocycles. The van der Waals surface area contributed by atoms with E-state index in [1.165, 1.54) is 0 Å². The molecule has 1 saturated carbocycles. The van der Waals surface area contributed by atoms with Gasteiger partial charge in [-0.2, -0.15) is 0 Å². The average molecular weight is 269 g/mol. The van der Waals surface area contributed by atoms with Gasteiger partial charge in [-0.3, -0.25) is 9.59 Å². The van der Waals surface area contributed by atoms with Gasteiger partial charge in [-0.1, -0.05) is 12.8 Å². The highest BCUT2D eigenvalue weighted by Crippen LogP contribution is 2.37. The minimum Gasteiger partial charge on any atom is -0.481 e. The van der Waals surface area contributed by atoms with E-state index in [4.69, 9.17) is 4.74 Å². The fourth-order valence-corrected chi connectivity index (χ4v) is 3.18. The number of carboxylic acids is 1. The first-order valence-corrected chi connectivity index (χ1v) is 7.10. The van der Waals surface area contributed by atoms with Gasteiger partial charge in [0, 0.05) is 12.6 Å². The Kier molecular flexibility index (Phi) is 4.13. The van der Waals surface area contributed by atoms with Crippen LogP contribution in [-0.2, 0) is 14.3 Å². The zero-order valence-corrected chi connectivity index (χ0v) is 11.6. The molecule has 4 atom stereocenters. The molecular formula is C14H23NO4. The van der Waals surface area contributed by atoms with Gasteiger partial charge in [0.1, 0.15) is 0 Å². The molecule has 0 spiro atoms. The largest absolute Gasteiger partial charge is 0.481 e. The maximum Gasteiger partial charge on any atom is 0.311 e. The third-order valence-electron chi connectivity index (χ3n) is 4.73. The fraction of sp³-hybridized carbons (Fsp3) is 0.857. The van der Waals surface area contributed by atoms with Crippen LogP contribution in [0.1, 0.15) is 46.0 Å². The molecule has 1 aliphatic heterocycles. The normalized spacial score (nSPS) is 38.9. The zero-order chi connectivity index (χ0) is 14.0. The minimum absolute atomic E-state index is 0.0515. The van der Waals surface area contributed by atoms with E-state index in [1.807, 2.05) is 6.92 Å². The first-order valence-electron chi connectivity index (χ1n) is 7.10. The smallest absolute Gasteiger partial charge is 0.311 e. The van der Waals surface area contributed by atoms with Crippen LogP contribution in [0.2, 0.25) is 0 Å². The van der Waals surface area contributed by atoms with Crippen molar-refractivity contribution < 1.29 is 19.4 Å². The molecule has 1 aliphatic carbocycles. The van der Waals surface area contributed by atoms with E-state index in [0.29, 0.717) is 13.0 Å². The van der Waals surface area contributed by atoms with E-state index in [0.717, 1.165) is 25.7 Å². The third-order valence-corrected chi connectivity index (χ3v) is 4.73. The zero-order valence-electron chi connectivity index (χ0n) is 11.6. The van der Waals surface area contributed by atoms with Crippen molar-refractivity contribution in [1.29, 1.82) is 0 Å².